The number of nitrogens with zero attached hydrogens (tertiary/aromatic N) is 2. The van der Waals surface area contributed by atoms with E-state index in [0.717, 1.165) is 13.1 Å². The Kier molecular flexibility index (Phi) is 7.26. The molecule has 0 unspecified atom stereocenters. The van der Waals surface area contributed by atoms with E-state index in [1.807, 2.05) is 12.1 Å². The second-order valence-corrected chi connectivity index (χ2v) is 4.70. The summed E-state index contributed by atoms with van der Waals surface area (Å²) >= 11 is 0. The van der Waals surface area contributed by atoms with Gasteiger partial charge in [-0.3, -0.25) is 0 Å². The quantitative estimate of drug-likeness (QED) is 0.818. The molecule has 2 aromatic carbocycles. The molecule has 0 aliphatic heterocycles. The molecule has 2 rings (SSSR count). The summed E-state index contributed by atoms with van der Waals surface area (Å²) in [5, 5.41) is 0. The van der Waals surface area contributed by atoms with E-state index in [2.05, 4.69) is 86.3 Å². The number of para-hydroxylation sites is 2. The van der Waals surface area contributed by atoms with Crippen molar-refractivity contribution in [3.8, 4) is 0 Å². The first kappa shape index (κ1) is 16.1. The van der Waals surface area contributed by atoms with Crippen LogP contribution in [0.4, 0.5) is 11.4 Å². The Hall–Kier alpha value is -1.96. The maximum absolute atomic E-state index is 2.21. The van der Waals surface area contributed by atoms with Crippen molar-refractivity contribution in [1.82, 2.24) is 0 Å². The van der Waals surface area contributed by atoms with E-state index in [9.17, 15) is 0 Å². The van der Waals surface area contributed by atoms with Gasteiger partial charge in [0.2, 0.25) is 0 Å². The second-order valence-electron chi connectivity index (χ2n) is 4.70. The monoisotopic (exact) mass is 270 g/mol. The lowest BCUT2D eigenvalue weighted by Crippen LogP contribution is -2.15. The Balaban J connectivity index is 0.000000200. The molecule has 2 nitrogen and oxygen atoms in total. The van der Waals surface area contributed by atoms with E-state index in [1.165, 1.54) is 11.4 Å². The molecule has 0 N–H and O–H groups in total. The van der Waals surface area contributed by atoms with Crippen LogP contribution in [0.3, 0.4) is 0 Å². The first-order chi connectivity index (χ1) is 9.69. The number of benzene rings is 2. The average molecular weight is 270 g/mol. The van der Waals surface area contributed by atoms with Crippen LogP contribution in [0.1, 0.15) is 13.8 Å². The number of hydrogen-bond acceptors (Lipinski definition) is 2. The van der Waals surface area contributed by atoms with Crippen molar-refractivity contribution in [1.29, 1.82) is 0 Å². The molecule has 0 saturated carbocycles. The first-order valence-electron chi connectivity index (χ1n) is 7.21. The van der Waals surface area contributed by atoms with Crippen LogP contribution in [0, 0.1) is 0 Å². The summed E-state index contributed by atoms with van der Waals surface area (Å²) < 4.78 is 0. The largest absolute Gasteiger partial charge is 0.375 e. The van der Waals surface area contributed by atoms with Crippen LogP contribution in [-0.4, -0.2) is 27.2 Å². The van der Waals surface area contributed by atoms with Gasteiger partial charge in [-0.25, -0.2) is 0 Å². The van der Waals surface area contributed by atoms with Crippen molar-refractivity contribution < 1.29 is 0 Å². The van der Waals surface area contributed by atoms with Gasteiger partial charge in [0.1, 0.15) is 0 Å². The normalized spacial score (nSPS) is 9.40. The van der Waals surface area contributed by atoms with Gasteiger partial charge in [0, 0.05) is 38.6 Å². The summed E-state index contributed by atoms with van der Waals surface area (Å²) in [6, 6.07) is 20.8. The minimum absolute atomic E-state index is 1.06. The van der Waals surface area contributed by atoms with Gasteiger partial charge >= 0.3 is 0 Å². The molecule has 0 heterocycles. The summed E-state index contributed by atoms with van der Waals surface area (Å²) in [6.45, 7) is 6.41. The fourth-order valence-corrected chi connectivity index (χ4v) is 1.73. The molecule has 0 fully saturated rings. The van der Waals surface area contributed by atoms with E-state index in [-0.39, 0.29) is 0 Å². The Morgan fingerprint density at radius 1 is 0.600 bits per heavy atom. The van der Waals surface area contributed by atoms with Gasteiger partial charge in [0.25, 0.3) is 0 Å². The fourth-order valence-electron chi connectivity index (χ4n) is 1.73. The molecular formula is C18H26N2. The van der Waals surface area contributed by atoms with E-state index < -0.39 is 0 Å². The van der Waals surface area contributed by atoms with Crippen LogP contribution < -0.4 is 9.80 Å². The molecule has 108 valence electrons. The highest BCUT2D eigenvalue weighted by molar-refractivity contribution is 5.45. The fraction of sp³-hybridized carbons (Fsp3) is 0.333. The maximum Gasteiger partial charge on any atom is 0.0363 e. The number of anilines is 2. The topological polar surface area (TPSA) is 6.48 Å². The second kappa shape index (κ2) is 9.03. The van der Waals surface area contributed by atoms with Crippen molar-refractivity contribution in [3.63, 3.8) is 0 Å². The van der Waals surface area contributed by atoms with Crippen molar-refractivity contribution in [2.24, 2.45) is 0 Å². The predicted molar refractivity (Wildman–Crippen MR) is 90.8 cm³/mol. The maximum atomic E-state index is 2.21. The molecule has 0 amide bonds. The standard InChI is InChI=1S/2C9H13N/c2*1-3-10(2)9-7-5-4-6-8-9/h2*4-8H,3H2,1-2H3. The lowest BCUT2D eigenvalue weighted by molar-refractivity contribution is 0.968. The zero-order valence-corrected chi connectivity index (χ0v) is 13.1. The van der Waals surface area contributed by atoms with Crippen LogP contribution in [0.2, 0.25) is 0 Å². The lowest BCUT2D eigenvalue weighted by atomic mass is 10.3. The Bertz CT molecular complexity index is 408. The Morgan fingerprint density at radius 3 is 1.15 bits per heavy atom. The lowest BCUT2D eigenvalue weighted by Gasteiger charge is -2.15. The zero-order valence-electron chi connectivity index (χ0n) is 13.1. The molecule has 0 aromatic heterocycles. The van der Waals surface area contributed by atoms with Crippen molar-refractivity contribution in [3.05, 3.63) is 60.7 Å². The number of rotatable bonds is 4. The number of hydrogen-bond donors (Lipinski definition) is 0. The van der Waals surface area contributed by atoms with Crippen molar-refractivity contribution >= 4 is 11.4 Å². The highest BCUT2D eigenvalue weighted by Gasteiger charge is 1.93. The molecule has 20 heavy (non-hydrogen) atoms. The van der Waals surface area contributed by atoms with E-state index >= 15 is 0 Å². The van der Waals surface area contributed by atoms with Crippen LogP contribution in [-0.2, 0) is 0 Å². The van der Waals surface area contributed by atoms with Crippen LogP contribution >= 0.6 is 0 Å². The average Bonchev–Trinajstić information content (AvgIpc) is 2.55. The van der Waals surface area contributed by atoms with Crippen LogP contribution in [0.15, 0.2) is 60.7 Å². The van der Waals surface area contributed by atoms with Crippen molar-refractivity contribution in [2.45, 2.75) is 13.8 Å². The molecule has 2 heteroatoms. The minimum atomic E-state index is 1.06. The van der Waals surface area contributed by atoms with Gasteiger partial charge in [-0.05, 0) is 38.1 Å². The van der Waals surface area contributed by atoms with Gasteiger partial charge in [-0.2, -0.15) is 0 Å². The van der Waals surface area contributed by atoms with Crippen LogP contribution in [0.25, 0.3) is 0 Å². The van der Waals surface area contributed by atoms with E-state index in [0.29, 0.717) is 0 Å². The van der Waals surface area contributed by atoms with Crippen molar-refractivity contribution in [2.75, 3.05) is 37.0 Å². The molecule has 0 radical (unpaired) electrons. The van der Waals surface area contributed by atoms with Gasteiger partial charge in [-0.15, -0.1) is 0 Å². The summed E-state index contributed by atoms with van der Waals surface area (Å²) in [7, 11) is 4.19. The molecule has 0 aliphatic carbocycles. The molecule has 0 aliphatic rings. The van der Waals surface area contributed by atoms with Gasteiger partial charge in [0.15, 0.2) is 0 Å². The SMILES string of the molecule is CCN(C)c1ccccc1.CCN(C)c1ccccc1. The molecule has 0 bridgehead atoms. The van der Waals surface area contributed by atoms with Gasteiger partial charge in [-0.1, -0.05) is 36.4 Å². The Labute approximate surface area is 123 Å². The summed E-state index contributed by atoms with van der Waals surface area (Å²) in [4.78, 5) is 4.42. The summed E-state index contributed by atoms with van der Waals surface area (Å²) in [5.41, 5.74) is 2.56. The molecule has 2 aromatic rings. The van der Waals surface area contributed by atoms with E-state index in [1.54, 1.807) is 0 Å². The summed E-state index contributed by atoms with van der Waals surface area (Å²) in [6.07, 6.45) is 0. The third-order valence-corrected chi connectivity index (χ3v) is 3.34. The highest BCUT2D eigenvalue weighted by atomic mass is 15.1. The zero-order chi connectivity index (χ0) is 14.8. The molecule has 0 atom stereocenters. The molecule has 0 spiro atoms. The predicted octanol–water partition coefficient (Wildman–Crippen LogP) is 4.29. The summed E-state index contributed by atoms with van der Waals surface area (Å²) in [5.74, 6) is 0. The van der Waals surface area contributed by atoms with Gasteiger partial charge in [0.05, 0.1) is 0 Å². The third kappa shape index (κ3) is 5.35. The van der Waals surface area contributed by atoms with Crippen LogP contribution in [0.5, 0.6) is 0 Å². The third-order valence-electron chi connectivity index (χ3n) is 3.34. The highest BCUT2D eigenvalue weighted by Crippen LogP contribution is 2.10. The Morgan fingerprint density at radius 2 is 0.900 bits per heavy atom. The smallest absolute Gasteiger partial charge is 0.0363 e. The molecule has 0 saturated heterocycles. The first-order valence-corrected chi connectivity index (χ1v) is 7.21. The minimum Gasteiger partial charge on any atom is -0.375 e. The van der Waals surface area contributed by atoms with Gasteiger partial charge < -0.3 is 9.80 Å². The molecular weight excluding hydrogens is 244 g/mol. The van der Waals surface area contributed by atoms with E-state index in [4.69, 9.17) is 0 Å².